The second kappa shape index (κ2) is 4.31. The van der Waals surface area contributed by atoms with E-state index in [1.54, 1.807) is 0 Å². The summed E-state index contributed by atoms with van der Waals surface area (Å²) >= 11 is 0. The van der Waals surface area contributed by atoms with E-state index in [4.69, 9.17) is 0 Å². The molecule has 5 heteroatoms. The van der Waals surface area contributed by atoms with Crippen LogP contribution in [-0.2, 0) is 10.0 Å². The molecule has 1 rings (SSSR count). The van der Waals surface area contributed by atoms with Gasteiger partial charge in [0.2, 0.25) is 0 Å². The molecule has 1 aliphatic rings. The van der Waals surface area contributed by atoms with Gasteiger partial charge in [0.15, 0.2) is 6.54 Å². The number of nitrogens with zero attached hydrogens (tertiary/aromatic N) is 1. The molecule has 0 spiro atoms. The van der Waals surface area contributed by atoms with Gasteiger partial charge in [-0.25, -0.2) is 0 Å². The van der Waals surface area contributed by atoms with Crippen LogP contribution < -0.4 is 11.1 Å². The Morgan fingerprint density at radius 2 is 1.75 bits per heavy atom. The van der Waals surface area contributed by atoms with Crippen LogP contribution in [-0.4, -0.2) is 34.6 Å². The number of quaternary nitrogens is 1. The molecule has 1 saturated heterocycles. The van der Waals surface area contributed by atoms with E-state index < -0.39 is 11.1 Å². The Labute approximate surface area is 96.9 Å². The molecular formula is C11H23N3O2+. The highest BCUT2D eigenvalue weighted by Crippen LogP contribution is 2.36. The first kappa shape index (κ1) is 13.4. The van der Waals surface area contributed by atoms with Crippen LogP contribution in [0.1, 0.15) is 40.5 Å². The first-order chi connectivity index (χ1) is 7.19. The molecule has 93 valence electrons. The Morgan fingerprint density at radius 3 is 2.12 bits per heavy atom. The van der Waals surface area contributed by atoms with Crippen LogP contribution in [0.4, 0.5) is 0 Å². The van der Waals surface area contributed by atoms with Gasteiger partial charge in [-0.2, -0.15) is 0 Å². The zero-order valence-corrected chi connectivity index (χ0v) is 10.7. The maximum absolute atomic E-state index is 12.1. The topological polar surface area (TPSA) is 79.9 Å². The van der Waals surface area contributed by atoms with Gasteiger partial charge in [-0.1, -0.05) is 0 Å². The molecular weight excluding hydrogens is 206 g/mol. The average Bonchev–Trinajstić information content (AvgIpc) is 2.13. The maximum atomic E-state index is 12.1. The molecule has 5 nitrogen and oxygen atoms in total. The molecule has 0 atom stereocenters. The molecule has 1 fully saturated rings. The Hall–Kier alpha value is -0.650. The molecule has 0 aromatic carbocycles. The van der Waals surface area contributed by atoms with Gasteiger partial charge in [-0.15, -0.1) is 10.3 Å². The van der Waals surface area contributed by atoms with Crippen molar-refractivity contribution in [3.8, 4) is 0 Å². The zero-order valence-electron chi connectivity index (χ0n) is 10.7. The van der Waals surface area contributed by atoms with E-state index in [1.165, 1.54) is 0 Å². The summed E-state index contributed by atoms with van der Waals surface area (Å²) in [7, 11) is 0. The van der Waals surface area contributed by atoms with E-state index in [0.29, 0.717) is 12.8 Å². The fraction of sp³-hybridized carbons (Fsp3) is 0.909. The molecule has 1 radical (unpaired) electrons. The van der Waals surface area contributed by atoms with Crippen LogP contribution in [0.25, 0.3) is 0 Å². The van der Waals surface area contributed by atoms with Crippen LogP contribution in [0, 0.1) is 0 Å². The van der Waals surface area contributed by atoms with Crippen molar-refractivity contribution in [1.82, 2.24) is 10.4 Å². The zero-order chi connectivity index (χ0) is 12.6. The Morgan fingerprint density at radius 1 is 1.31 bits per heavy atom. The smallest absolute Gasteiger partial charge is 0.275 e. The Bertz CT molecular complexity index is 258. The van der Waals surface area contributed by atoms with Gasteiger partial charge in [0, 0.05) is 17.1 Å². The number of rotatable bonds is 2. The van der Waals surface area contributed by atoms with Crippen LogP contribution in [0.15, 0.2) is 0 Å². The van der Waals surface area contributed by atoms with Gasteiger partial charge in [0.25, 0.3) is 5.91 Å². The monoisotopic (exact) mass is 229 g/mol. The van der Waals surface area contributed by atoms with E-state index in [0.717, 1.165) is 5.06 Å². The number of piperidine rings is 1. The third-order valence-electron chi connectivity index (χ3n) is 3.18. The Kier molecular flexibility index (Phi) is 3.62. The quantitative estimate of drug-likeness (QED) is 0.682. The van der Waals surface area contributed by atoms with E-state index in [9.17, 15) is 10.0 Å². The normalized spacial score (nSPS) is 25.4. The van der Waals surface area contributed by atoms with Gasteiger partial charge >= 0.3 is 0 Å². The van der Waals surface area contributed by atoms with Gasteiger partial charge in [-0.3, -0.25) is 4.79 Å². The number of amides is 1. The first-order valence-corrected chi connectivity index (χ1v) is 5.75. The van der Waals surface area contributed by atoms with Gasteiger partial charge in [-0.05, 0) is 40.5 Å². The minimum Gasteiger partial charge on any atom is -0.350 e. The molecule has 0 unspecified atom stereocenters. The molecule has 16 heavy (non-hydrogen) atoms. The number of hydrogen-bond donors (Lipinski definition) is 2. The van der Waals surface area contributed by atoms with E-state index >= 15 is 0 Å². The summed E-state index contributed by atoms with van der Waals surface area (Å²) in [5.41, 5.74) is 2.70. The predicted octanol–water partition coefficient (Wildman–Crippen LogP) is -0.288. The van der Waals surface area contributed by atoms with Crippen molar-refractivity contribution in [2.24, 2.45) is 0 Å². The van der Waals surface area contributed by atoms with E-state index in [2.05, 4.69) is 11.1 Å². The molecule has 0 aliphatic carbocycles. The molecule has 0 aromatic rings. The van der Waals surface area contributed by atoms with Gasteiger partial charge in [0.1, 0.15) is 0 Å². The lowest BCUT2D eigenvalue weighted by Gasteiger charge is -2.49. The largest absolute Gasteiger partial charge is 0.350 e. The summed E-state index contributed by atoms with van der Waals surface area (Å²) in [6, 6.07) is 0.0736. The minimum atomic E-state index is -0.430. The predicted molar refractivity (Wildman–Crippen MR) is 59.6 cm³/mol. The lowest BCUT2D eigenvalue weighted by Crippen LogP contribution is -2.64. The van der Waals surface area contributed by atoms with Crippen molar-refractivity contribution in [2.45, 2.75) is 57.7 Å². The van der Waals surface area contributed by atoms with Crippen molar-refractivity contribution < 1.29 is 15.7 Å². The summed E-state index contributed by atoms with van der Waals surface area (Å²) in [5, 5.41) is 16.2. The van der Waals surface area contributed by atoms with E-state index in [-0.39, 0.29) is 18.5 Å². The standard InChI is InChI=1S/C11H22N3O2/c1-10(2)5-8(13-9(15)7-12)6-11(3,4)14(10)16/h8H,5-7,12H2,1-4H3,(H,13,15)/p+1. The number of nitrogens with one attached hydrogen (secondary N) is 1. The molecule has 0 aromatic heterocycles. The lowest BCUT2D eigenvalue weighted by molar-refractivity contribution is -0.355. The number of carbonyl (C=O) groups excluding carboxylic acids is 1. The van der Waals surface area contributed by atoms with Crippen LogP contribution in [0.5, 0.6) is 0 Å². The summed E-state index contributed by atoms with van der Waals surface area (Å²) in [5.74, 6) is -0.0454. The van der Waals surface area contributed by atoms with Crippen molar-refractivity contribution in [3.63, 3.8) is 0 Å². The second-order valence-corrected chi connectivity index (χ2v) is 5.84. The summed E-state index contributed by atoms with van der Waals surface area (Å²) in [6.07, 6.45) is 1.37. The minimum absolute atomic E-state index is 0.0454. The molecule has 1 aliphatic heterocycles. The van der Waals surface area contributed by atoms with Gasteiger partial charge in [0.05, 0.1) is 0 Å². The van der Waals surface area contributed by atoms with Crippen LogP contribution in [0.3, 0.4) is 0 Å². The van der Waals surface area contributed by atoms with E-state index in [1.807, 2.05) is 27.7 Å². The Balaban J connectivity index is 2.75. The summed E-state index contributed by atoms with van der Waals surface area (Å²) in [4.78, 5) is 11.3. The fourth-order valence-corrected chi connectivity index (χ4v) is 2.67. The molecule has 0 saturated carbocycles. The molecule has 1 heterocycles. The SMILES string of the molecule is CC1(C)CC(NC(=O)C[NH3+])CC(C)(C)N1[O]. The summed E-state index contributed by atoms with van der Waals surface area (Å²) < 4.78 is 0. The lowest BCUT2D eigenvalue weighted by atomic mass is 9.79. The maximum Gasteiger partial charge on any atom is 0.275 e. The highest BCUT2D eigenvalue weighted by molar-refractivity contribution is 5.76. The van der Waals surface area contributed by atoms with Crippen LogP contribution >= 0.6 is 0 Å². The number of hydroxylamine groups is 2. The highest BCUT2D eigenvalue weighted by atomic mass is 16.5. The molecule has 1 amide bonds. The van der Waals surface area contributed by atoms with Crippen molar-refractivity contribution >= 4 is 5.91 Å². The van der Waals surface area contributed by atoms with Crippen LogP contribution in [0.2, 0.25) is 0 Å². The third kappa shape index (κ3) is 2.72. The average molecular weight is 229 g/mol. The first-order valence-electron chi connectivity index (χ1n) is 5.75. The second-order valence-electron chi connectivity index (χ2n) is 5.84. The molecule has 4 N–H and O–H groups in total. The number of carbonyl (C=O) groups is 1. The third-order valence-corrected chi connectivity index (χ3v) is 3.18. The van der Waals surface area contributed by atoms with Crippen molar-refractivity contribution in [2.75, 3.05) is 6.54 Å². The molecule has 0 bridgehead atoms. The van der Waals surface area contributed by atoms with Crippen molar-refractivity contribution in [3.05, 3.63) is 0 Å². The summed E-state index contributed by atoms with van der Waals surface area (Å²) in [6.45, 7) is 7.93. The highest BCUT2D eigenvalue weighted by Gasteiger charge is 2.46. The number of hydrogen-bond acceptors (Lipinski definition) is 2. The fourth-order valence-electron chi connectivity index (χ4n) is 2.67. The van der Waals surface area contributed by atoms with Crippen molar-refractivity contribution in [1.29, 1.82) is 0 Å². The van der Waals surface area contributed by atoms with Gasteiger partial charge < -0.3 is 11.1 Å².